The normalized spacial score (nSPS) is 22.2. The van der Waals surface area contributed by atoms with Crippen LogP contribution < -0.4 is 0 Å². The Morgan fingerprint density at radius 3 is 2.83 bits per heavy atom. The molecule has 0 nitrogen and oxygen atoms in total. The van der Waals surface area contributed by atoms with E-state index < -0.39 is 0 Å². The number of allylic oxidation sites excluding steroid dienone is 6. The first-order valence-electron chi connectivity index (χ1n) is 4.44. The standard InChI is InChI=1S/C12H12/c1-2-10-6-4-3-5-7-12(10)11-8-9-11/h1,3-6,11H,7-9H2. The number of hydrogen-bond acceptors (Lipinski definition) is 0. The number of rotatable bonds is 1. The van der Waals surface area contributed by atoms with Gasteiger partial charge in [-0.1, -0.05) is 24.1 Å². The van der Waals surface area contributed by atoms with Gasteiger partial charge in [-0.05, 0) is 36.8 Å². The van der Waals surface area contributed by atoms with E-state index in [2.05, 4.69) is 24.1 Å². The minimum absolute atomic E-state index is 0.795. The van der Waals surface area contributed by atoms with Crippen molar-refractivity contribution in [2.45, 2.75) is 19.3 Å². The third-order valence-electron chi connectivity index (χ3n) is 2.42. The molecule has 0 atom stereocenters. The minimum atomic E-state index is 0.795. The van der Waals surface area contributed by atoms with E-state index in [0.29, 0.717) is 0 Å². The molecule has 0 aromatic heterocycles. The molecule has 0 unspecified atom stereocenters. The Morgan fingerprint density at radius 2 is 2.17 bits per heavy atom. The molecule has 12 heavy (non-hydrogen) atoms. The SMILES string of the molecule is C#CC1=C(C2CC2)CC=CC=C1. The van der Waals surface area contributed by atoms with Crippen LogP contribution in [0.2, 0.25) is 0 Å². The van der Waals surface area contributed by atoms with Gasteiger partial charge in [0.15, 0.2) is 0 Å². The zero-order valence-electron chi connectivity index (χ0n) is 7.09. The first-order chi connectivity index (χ1) is 5.92. The first-order valence-corrected chi connectivity index (χ1v) is 4.44. The summed E-state index contributed by atoms with van der Waals surface area (Å²) in [6.07, 6.45) is 17.5. The predicted molar refractivity (Wildman–Crippen MR) is 51.5 cm³/mol. The third kappa shape index (κ3) is 1.36. The van der Waals surface area contributed by atoms with Crippen molar-refractivity contribution in [2.75, 3.05) is 0 Å². The van der Waals surface area contributed by atoms with E-state index in [1.54, 1.807) is 0 Å². The molecule has 0 radical (unpaired) electrons. The molecular weight excluding hydrogens is 144 g/mol. The maximum Gasteiger partial charge on any atom is 0.0240 e. The highest BCUT2D eigenvalue weighted by molar-refractivity contribution is 5.45. The Bertz CT molecular complexity index is 303. The van der Waals surface area contributed by atoms with Crippen LogP contribution in [0, 0.1) is 18.3 Å². The molecule has 0 bridgehead atoms. The quantitative estimate of drug-likeness (QED) is 0.512. The molecule has 0 saturated heterocycles. The summed E-state index contributed by atoms with van der Waals surface area (Å²) < 4.78 is 0. The van der Waals surface area contributed by atoms with Gasteiger partial charge < -0.3 is 0 Å². The fraction of sp³-hybridized carbons (Fsp3) is 0.333. The second-order valence-electron chi connectivity index (χ2n) is 3.35. The Labute approximate surface area is 73.7 Å². The average Bonchev–Trinajstić information content (AvgIpc) is 2.91. The van der Waals surface area contributed by atoms with Gasteiger partial charge in [-0.25, -0.2) is 0 Å². The molecule has 0 spiro atoms. The monoisotopic (exact) mass is 156 g/mol. The lowest BCUT2D eigenvalue weighted by molar-refractivity contribution is 0.945. The van der Waals surface area contributed by atoms with Crippen LogP contribution >= 0.6 is 0 Å². The highest BCUT2D eigenvalue weighted by Gasteiger charge is 2.26. The molecule has 2 aliphatic carbocycles. The summed E-state index contributed by atoms with van der Waals surface area (Å²) in [6, 6.07) is 0. The van der Waals surface area contributed by atoms with Crippen molar-refractivity contribution >= 4 is 0 Å². The Hall–Kier alpha value is -1.22. The van der Waals surface area contributed by atoms with Gasteiger partial charge >= 0.3 is 0 Å². The van der Waals surface area contributed by atoms with E-state index in [4.69, 9.17) is 6.42 Å². The van der Waals surface area contributed by atoms with Crippen LogP contribution in [-0.2, 0) is 0 Å². The summed E-state index contributed by atoms with van der Waals surface area (Å²) in [7, 11) is 0. The molecule has 1 fully saturated rings. The van der Waals surface area contributed by atoms with Gasteiger partial charge in [0.1, 0.15) is 0 Å². The molecule has 0 amide bonds. The summed E-state index contributed by atoms with van der Waals surface area (Å²) in [6.45, 7) is 0. The molecule has 0 heterocycles. The second kappa shape index (κ2) is 3.03. The van der Waals surface area contributed by atoms with E-state index in [1.165, 1.54) is 18.4 Å². The van der Waals surface area contributed by atoms with Crippen molar-refractivity contribution in [2.24, 2.45) is 5.92 Å². The third-order valence-corrected chi connectivity index (χ3v) is 2.42. The van der Waals surface area contributed by atoms with E-state index in [-0.39, 0.29) is 0 Å². The Balaban J connectivity index is 2.33. The highest BCUT2D eigenvalue weighted by Crippen LogP contribution is 2.40. The lowest BCUT2D eigenvalue weighted by Gasteiger charge is -2.02. The number of hydrogen-bond donors (Lipinski definition) is 0. The minimum Gasteiger partial charge on any atom is -0.115 e. The summed E-state index contributed by atoms with van der Waals surface area (Å²) in [4.78, 5) is 0. The van der Waals surface area contributed by atoms with Crippen LogP contribution in [-0.4, -0.2) is 0 Å². The van der Waals surface area contributed by atoms with Crippen molar-refractivity contribution in [3.63, 3.8) is 0 Å². The number of terminal acetylenes is 1. The van der Waals surface area contributed by atoms with Crippen molar-refractivity contribution in [3.05, 3.63) is 35.5 Å². The van der Waals surface area contributed by atoms with Gasteiger partial charge in [0.2, 0.25) is 0 Å². The lowest BCUT2D eigenvalue weighted by atomic mass is 10.0. The summed E-state index contributed by atoms with van der Waals surface area (Å²) in [5.41, 5.74) is 2.59. The molecule has 60 valence electrons. The van der Waals surface area contributed by atoms with E-state index in [1.807, 2.05) is 6.08 Å². The smallest absolute Gasteiger partial charge is 0.0240 e. The maximum absolute atomic E-state index is 5.44. The van der Waals surface area contributed by atoms with Crippen LogP contribution in [0.3, 0.4) is 0 Å². The molecule has 0 N–H and O–H groups in total. The van der Waals surface area contributed by atoms with Crippen molar-refractivity contribution in [3.8, 4) is 12.3 Å². The molecule has 2 aliphatic rings. The summed E-state index contributed by atoms with van der Waals surface area (Å²) in [5, 5.41) is 0. The van der Waals surface area contributed by atoms with Gasteiger partial charge in [-0.2, -0.15) is 0 Å². The molecule has 2 rings (SSSR count). The largest absolute Gasteiger partial charge is 0.115 e. The lowest BCUT2D eigenvalue weighted by Crippen LogP contribution is -1.88. The first kappa shape index (κ1) is 7.43. The van der Waals surface area contributed by atoms with Crippen LogP contribution in [0.25, 0.3) is 0 Å². The summed E-state index contributed by atoms with van der Waals surface area (Å²) in [5.74, 6) is 3.56. The second-order valence-corrected chi connectivity index (χ2v) is 3.35. The van der Waals surface area contributed by atoms with Gasteiger partial charge in [-0.3, -0.25) is 0 Å². The maximum atomic E-state index is 5.44. The van der Waals surface area contributed by atoms with Gasteiger partial charge in [0, 0.05) is 5.57 Å². The highest BCUT2D eigenvalue weighted by atomic mass is 14.3. The molecule has 0 aromatic rings. The Morgan fingerprint density at radius 1 is 1.33 bits per heavy atom. The van der Waals surface area contributed by atoms with Gasteiger partial charge in [0.05, 0.1) is 0 Å². The molecular formula is C12H12. The van der Waals surface area contributed by atoms with Crippen molar-refractivity contribution in [1.29, 1.82) is 0 Å². The fourth-order valence-electron chi connectivity index (χ4n) is 1.60. The molecule has 0 aromatic carbocycles. The zero-order chi connectivity index (χ0) is 8.39. The van der Waals surface area contributed by atoms with Crippen LogP contribution in [0.1, 0.15) is 19.3 Å². The molecule has 1 saturated carbocycles. The van der Waals surface area contributed by atoms with Crippen molar-refractivity contribution in [1.82, 2.24) is 0 Å². The Kier molecular flexibility index (Phi) is 1.87. The van der Waals surface area contributed by atoms with Crippen LogP contribution in [0.4, 0.5) is 0 Å². The topological polar surface area (TPSA) is 0 Å². The van der Waals surface area contributed by atoms with E-state index in [9.17, 15) is 0 Å². The van der Waals surface area contributed by atoms with Crippen LogP contribution in [0.5, 0.6) is 0 Å². The fourth-order valence-corrected chi connectivity index (χ4v) is 1.60. The van der Waals surface area contributed by atoms with Crippen molar-refractivity contribution < 1.29 is 0 Å². The van der Waals surface area contributed by atoms with Gasteiger partial charge in [-0.15, -0.1) is 6.42 Å². The summed E-state index contributed by atoms with van der Waals surface area (Å²) >= 11 is 0. The van der Waals surface area contributed by atoms with Crippen LogP contribution in [0.15, 0.2) is 35.5 Å². The van der Waals surface area contributed by atoms with Gasteiger partial charge in [0.25, 0.3) is 0 Å². The zero-order valence-corrected chi connectivity index (χ0v) is 7.09. The molecule has 0 heteroatoms. The van der Waals surface area contributed by atoms with E-state index in [0.717, 1.165) is 17.9 Å². The molecule has 0 aliphatic heterocycles. The average molecular weight is 156 g/mol. The van der Waals surface area contributed by atoms with E-state index >= 15 is 0 Å². The predicted octanol–water partition coefficient (Wildman–Crippen LogP) is 2.84.